The highest BCUT2D eigenvalue weighted by Crippen LogP contribution is 2.47. The summed E-state index contributed by atoms with van der Waals surface area (Å²) >= 11 is 0. The molecular weight excluding hydrogens is 316 g/mol. The first-order valence-electron chi connectivity index (χ1n) is 10.4. The lowest BCUT2D eigenvalue weighted by Gasteiger charge is -2.43. The van der Waals surface area contributed by atoms with Crippen molar-refractivity contribution >= 4 is 5.97 Å². The van der Waals surface area contributed by atoms with Gasteiger partial charge in [-0.2, -0.15) is 0 Å². The predicted molar refractivity (Wildman–Crippen MR) is 96.6 cm³/mol. The minimum absolute atomic E-state index is 0.253. The van der Waals surface area contributed by atoms with Crippen LogP contribution in [0.3, 0.4) is 0 Å². The van der Waals surface area contributed by atoms with Crippen molar-refractivity contribution in [2.75, 3.05) is 39.4 Å². The highest BCUT2D eigenvalue weighted by Gasteiger charge is 2.51. The summed E-state index contributed by atoms with van der Waals surface area (Å²) < 4.78 is 6.17. The number of hydrogen-bond acceptors (Lipinski definition) is 4. The summed E-state index contributed by atoms with van der Waals surface area (Å²) in [6, 6.07) is 0.739. The van der Waals surface area contributed by atoms with Crippen molar-refractivity contribution in [3.63, 3.8) is 0 Å². The lowest BCUT2D eigenvalue weighted by molar-refractivity contribution is -0.144. The molecule has 142 valence electrons. The van der Waals surface area contributed by atoms with E-state index in [1.165, 1.54) is 32.1 Å². The van der Waals surface area contributed by atoms with Gasteiger partial charge in [-0.15, -0.1) is 0 Å². The van der Waals surface area contributed by atoms with Gasteiger partial charge in [-0.05, 0) is 70.4 Å². The van der Waals surface area contributed by atoms with Crippen molar-refractivity contribution in [1.82, 2.24) is 10.2 Å². The maximum Gasteiger partial charge on any atom is 0.310 e. The molecule has 1 aliphatic heterocycles. The Morgan fingerprint density at radius 3 is 2.36 bits per heavy atom. The first-order chi connectivity index (χ1) is 12.1. The van der Waals surface area contributed by atoms with Crippen LogP contribution in [0.15, 0.2) is 0 Å². The van der Waals surface area contributed by atoms with Crippen LogP contribution in [0.4, 0.5) is 0 Å². The number of rotatable bonds is 10. The Hall–Kier alpha value is -0.650. The van der Waals surface area contributed by atoms with Gasteiger partial charge in [0.1, 0.15) is 0 Å². The molecule has 4 aliphatic rings. The smallest absolute Gasteiger partial charge is 0.310 e. The minimum Gasteiger partial charge on any atom is -0.481 e. The van der Waals surface area contributed by atoms with Crippen LogP contribution >= 0.6 is 0 Å². The molecule has 3 saturated carbocycles. The van der Waals surface area contributed by atoms with Gasteiger partial charge in [-0.3, -0.25) is 4.79 Å². The zero-order chi connectivity index (χ0) is 17.3. The molecule has 0 aromatic rings. The maximum atomic E-state index is 11.5. The van der Waals surface area contributed by atoms with Crippen LogP contribution in [0.5, 0.6) is 0 Å². The largest absolute Gasteiger partial charge is 0.481 e. The summed E-state index contributed by atoms with van der Waals surface area (Å²) in [6.45, 7) is 5.68. The van der Waals surface area contributed by atoms with Crippen LogP contribution < -0.4 is 5.32 Å². The fourth-order valence-corrected chi connectivity index (χ4v) is 4.33. The zero-order valence-electron chi connectivity index (χ0n) is 15.5. The maximum absolute atomic E-state index is 11.5. The number of likely N-dealkylation sites (tertiary alicyclic amines) is 1. The summed E-state index contributed by atoms with van der Waals surface area (Å²) in [5.41, 5.74) is -0.171. The Balaban J connectivity index is 1.27. The van der Waals surface area contributed by atoms with Crippen LogP contribution in [0, 0.1) is 16.7 Å². The first kappa shape index (κ1) is 17.7. The normalized spacial score (nSPS) is 28.5. The highest BCUT2D eigenvalue weighted by atomic mass is 16.5. The van der Waals surface area contributed by atoms with Crippen molar-refractivity contribution in [2.45, 2.75) is 63.8 Å². The Morgan fingerprint density at radius 2 is 1.84 bits per heavy atom. The number of nitrogens with one attached hydrogen (secondary N) is 1. The number of ether oxygens (including phenoxy) is 1. The van der Waals surface area contributed by atoms with E-state index in [1.54, 1.807) is 0 Å². The van der Waals surface area contributed by atoms with E-state index in [1.807, 2.05) is 0 Å². The summed E-state index contributed by atoms with van der Waals surface area (Å²) in [7, 11) is 0. The summed E-state index contributed by atoms with van der Waals surface area (Å²) in [5.74, 6) is 0.211. The Morgan fingerprint density at radius 1 is 1.12 bits per heavy atom. The zero-order valence-corrected chi connectivity index (χ0v) is 15.5. The number of hydrogen-bond donors (Lipinski definition) is 2. The monoisotopic (exact) mass is 350 g/mol. The fraction of sp³-hybridized carbons (Fsp3) is 0.950. The molecular formula is C20H34N2O3. The van der Waals surface area contributed by atoms with Gasteiger partial charge in [0.05, 0.1) is 12.0 Å². The van der Waals surface area contributed by atoms with E-state index in [0.717, 1.165) is 77.0 Å². The molecule has 25 heavy (non-hydrogen) atoms. The topological polar surface area (TPSA) is 61.8 Å². The molecule has 0 amide bonds. The van der Waals surface area contributed by atoms with Crippen molar-refractivity contribution in [3.8, 4) is 0 Å². The predicted octanol–water partition coefficient (Wildman–Crippen LogP) is 2.50. The molecule has 0 atom stereocenters. The molecule has 2 N–H and O–H groups in total. The summed E-state index contributed by atoms with van der Waals surface area (Å²) in [4.78, 5) is 13.8. The number of carboxylic acids is 1. The molecule has 4 fully saturated rings. The standard InChI is InChI=1S/C20H34N2O3/c23-18(24)20(6-7-20)14-22-10-8-19(9-11-22,13-21-17-4-5-17)15-25-12-16-2-1-3-16/h16-17,21H,1-15H2,(H,23,24). The van der Waals surface area contributed by atoms with Gasteiger partial charge in [0.2, 0.25) is 0 Å². The van der Waals surface area contributed by atoms with Crippen LogP contribution in [0.2, 0.25) is 0 Å². The van der Waals surface area contributed by atoms with Gasteiger partial charge < -0.3 is 20.1 Å². The van der Waals surface area contributed by atoms with Gasteiger partial charge in [-0.25, -0.2) is 0 Å². The molecule has 1 saturated heterocycles. The Labute approximate surface area is 151 Å². The second kappa shape index (κ2) is 7.16. The second-order valence-electron chi connectivity index (χ2n) is 9.33. The average Bonchev–Trinajstić information content (AvgIpc) is 3.45. The molecule has 1 heterocycles. The van der Waals surface area contributed by atoms with Gasteiger partial charge in [-0.1, -0.05) is 6.42 Å². The molecule has 0 unspecified atom stereocenters. The van der Waals surface area contributed by atoms with E-state index >= 15 is 0 Å². The van der Waals surface area contributed by atoms with Crippen LogP contribution in [-0.2, 0) is 9.53 Å². The van der Waals surface area contributed by atoms with Crippen molar-refractivity contribution in [1.29, 1.82) is 0 Å². The van der Waals surface area contributed by atoms with E-state index in [2.05, 4.69) is 10.2 Å². The lowest BCUT2D eigenvalue weighted by atomic mass is 9.78. The molecule has 5 heteroatoms. The third-order valence-electron chi connectivity index (χ3n) is 7.08. The quantitative estimate of drug-likeness (QED) is 0.634. The van der Waals surface area contributed by atoms with Gasteiger partial charge in [0.25, 0.3) is 0 Å². The third kappa shape index (κ3) is 4.37. The molecule has 0 aromatic carbocycles. The van der Waals surface area contributed by atoms with E-state index in [4.69, 9.17) is 4.74 Å². The SMILES string of the molecule is O=C(O)C1(CN2CCC(CNC3CC3)(COCC3CCC3)CC2)CC1. The van der Waals surface area contributed by atoms with Crippen molar-refractivity contribution in [2.24, 2.45) is 16.7 Å². The van der Waals surface area contributed by atoms with Crippen LogP contribution in [0.25, 0.3) is 0 Å². The molecule has 0 bridgehead atoms. The number of carboxylic acid groups (broad SMARTS) is 1. The lowest BCUT2D eigenvalue weighted by Crippen LogP contribution is -2.49. The molecule has 0 aromatic heterocycles. The summed E-state index contributed by atoms with van der Waals surface area (Å²) in [6.07, 6.45) is 10.7. The number of nitrogens with zero attached hydrogens (tertiary/aromatic N) is 1. The fourth-order valence-electron chi connectivity index (χ4n) is 4.33. The van der Waals surface area contributed by atoms with E-state index in [9.17, 15) is 9.90 Å². The molecule has 0 spiro atoms. The number of piperidine rings is 1. The molecule has 3 aliphatic carbocycles. The summed E-state index contributed by atoms with van der Waals surface area (Å²) in [5, 5.41) is 13.2. The first-order valence-corrected chi connectivity index (χ1v) is 10.4. The Bertz CT molecular complexity index is 475. The number of carbonyl (C=O) groups is 1. The van der Waals surface area contributed by atoms with Crippen molar-refractivity contribution in [3.05, 3.63) is 0 Å². The molecule has 0 radical (unpaired) electrons. The average molecular weight is 351 g/mol. The van der Waals surface area contributed by atoms with E-state index in [0.29, 0.717) is 0 Å². The van der Waals surface area contributed by atoms with Gasteiger partial charge >= 0.3 is 5.97 Å². The van der Waals surface area contributed by atoms with Gasteiger partial charge in [0, 0.05) is 31.2 Å². The van der Waals surface area contributed by atoms with Gasteiger partial charge in [0.15, 0.2) is 0 Å². The van der Waals surface area contributed by atoms with E-state index in [-0.39, 0.29) is 5.41 Å². The third-order valence-corrected chi connectivity index (χ3v) is 7.08. The molecule has 4 rings (SSSR count). The molecule has 5 nitrogen and oxygen atoms in total. The van der Waals surface area contributed by atoms with E-state index < -0.39 is 11.4 Å². The second-order valence-corrected chi connectivity index (χ2v) is 9.33. The van der Waals surface area contributed by atoms with Crippen molar-refractivity contribution < 1.29 is 14.6 Å². The van der Waals surface area contributed by atoms with Crippen LogP contribution in [-0.4, -0.2) is 61.4 Å². The number of aliphatic carboxylic acids is 1. The minimum atomic E-state index is -0.594. The Kier molecular flexibility index (Phi) is 5.09. The highest BCUT2D eigenvalue weighted by molar-refractivity contribution is 5.78. The van der Waals surface area contributed by atoms with Crippen LogP contribution in [0.1, 0.15) is 57.8 Å².